The molecule has 130 valence electrons. The second kappa shape index (κ2) is 5.90. The van der Waals surface area contributed by atoms with E-state index in [9.17, 15) is 0 Å². The number of rotatable bonds is 1. The van der Waals surface area contributed by atoms with Crippen molar-refractivity contribution in [2.75, 3.05) is 0 Å². The van der Waals surface area contributed by atoms with Gasteiger partial charge in [0.25, 0.3) is 0 Å². The highest BCUT2D eigenvalue weighted by atomic mass is 14.6. The van der Waals surface area contributed by atoms with Gasteiger partial charge in [-0.05, 0) is 56.3 Å². The average Bonchev–Trinajstić information content (AvgIpc) is 2.78. The molecule has 0 spiro atoms. The number of hydrogen-bond acceptors (Lipinski definition) is 1. The smallest absolute Gasteiger partial charge is 0.0780 e. The number of benzene rings is 5. The number of nitrogens with zero attached hydrogens (tertiary/aromatic N) is 1. The van der Waals surface area contributed by atoms with Crippen molar-refractivity contribution in [2.45, 2.75) is 0 Å². The van der Waals surface area contributed by atoms with Gasteiger partial charge in [-0.25, -0.2) is 0 Å². The summed E-state index contributed by atoms with van der Waals surface area (Å²) < 4.78 is 0. The first kappa shape index (κ1) is 15.4. The van der Waals surface area contributed by atoms with Crippen molar-refractivity contribution in [1.82, 2.24) is 4.98 Å². The Bertz CT molecular complexity index is 1510. The van der Waals surface area contributed by atoms with Crippen LogP contribution in [0.3, 0.4) is 0 Å². The zero-order chi connectivity index (χ0) is 18.5. The molecule has 1 heteroatoms. The third-order valence-corrected chi connectivity index (χ3v) is 5.67. The van der Waals surface area contributed by atoms with Gasteiger partial charge in [0.15, 0.2) is 0 Å². The molecule has 6 aromatic rings. The molecule has 0 bridgehead atoms. The number of pyridine rings is 1. The van der Waals surface area contributed by atoms with Crippen LogP contribution < -0.4 is 0 Å². The molecule has 1 aromatic heterocycles. The predicted molar refractivity (Wildman–Crippen MR) is 120 cm³/mol. The third kappa shape index (κ3) is 2.30. The SMILES string of the molecule is c1ccc2c(c1)ccc1cc(-c3ccc4ccc5cccnc5c4c3)ccc12. The van der Waals surface area contributed by atoms with E-state index in [0.717, 1.165) is 5.52 Å². The summed E-state index contributed by atoms with van der Waals surface area (Å²) in [5.41, 5.74) is 3.52. The summed E-state index contributed by atoms with van der Waals surface area (Å²) in [5.74, 6) is 0. The van der Waals surface area contributed by atoms with E-state index in [0.29, 0.717) is 0 Å². The molecule has 0 N–H and O–H groups in total. The first-order valence-corrected chi connectivity index (χ1v) is 9.56. The molecule has 6 rings (SSSR count). The fraction of sp³-hybridized carbons (Fsp3) is 0. The third-order valence-electron chi connectivity index (χ3n) is 5.67. The summed E-state index contributed by atoms with van der Waals surface area (Å²) in [6.45, 7) is 0. The molecule has 0 aliphatic carbocycles. The van der Waals surface area contributed by atoms with Crippen molar-refractivity contribution in [2.24, 2.45) is 0 Å². The van der Waals surface area contributed by atoms with E-state index < -0.39 is 0 Å². The Hall–Kier alpha value is -3.71. The van der Waals surface area contributed by atoms with Gasteiger partial charge in [-0.2, -0.15) is 0 Å². The zero-order valence-electron chi connectivity index (χ0n) is 15.3. The predicted octanol–water partition coefficient (Wildman–Crippen LogP) is 7.36. The molecule has 0 saturated heterocycles. The number of fused-ring (bicyclic) bond motifs is 6. The molecular weight excluding hydrogens is 338 g/mol. The summed E-state index contributed by atoms with van der Waals surface area (Å²) in [7, 11) is 0. The quantitative estimate of drug-likeness (QED) is 0.281. The van der Waals surface area contributed by atoms with Gasteiger partial charge in [-0.15, -0.1) is 0 Å². The molecule has 0 amide bonds. The molecule has 28 heavy (non-hydrogen) atoms. The molecule has 1 heterocycles. The number of hydrogen-bond donors (Lipinski definition) is 0. The van der Waals surface area contributed by atoms with Crippen molar-refractivity contribution in [3.63, 3.8) is 0 Å². The molecule has 0 aliphatic rings. The Morgan fingerprint density at radius 3 is 2.04 bits per heavy atom. The second-order valence-electron chi connectivity index (χ2n) is 7.30. The van der Waals surface area contributed by atoms with Crippen LogP contribution in [0.2, 0.25) is 0 Å². The minimum atomic E-state index is 1.06. The van der Waals surface area contributed by atoms with Crippen LogP contribution in [0.1, 0.15) is 0 Å². The summed E-state index contributed by atoms with van der Waals surface area (Å²) in [4.78, 5) is 4.63. The highest BCUT2D eigenvalue weighted by Crippen LogP contribution is 2.32. The lowest BCUT2D eigenvalue weighted by molar-refractivity contribution is 1.43. The van der Waals surface area contributed by atoms with Gasteiger partial charge in [0.1, 0.15) is 0 Å². The van der Waals surface area contributed by atoms with Gasteiger partial charge in [-0.3, -0.25) is 4.98 Å². The van der Waals surface area contributed by atoms with E-state index in [4.69, 9.17) is 0 Å². The fourth-order valence-corrected chi connectivity index (χ4v) is 4.24. The lowest BCUT2D eigenvalue weighted by Crippen LogP contribution is -1.84. The van der Waals surface area contributed by atoms with E-state index in [2.05, 4.69) is 96.0 Å². The van der Waals surface area contributed by atoms with Crippen molar-refractivity contribution in [3.8, 4) is 11.1 Å². The Morgan fingerprint density at radius 1 is 0.429 bits per heavy atom. The van der Waals surface area contributed by atoms with Crippen molar-refractivity contribution < 1.29 is 0 Å². The first-order valence-electron chi connectivity index (χ1n) is 9.56. The maximum atomic E-state index is 4.63. The van der Waals surface area contributed by atoms with Gasteiger partial charge in [0.05, 0.1) is 5.52 Å². The Balaban J connectivity index is 1.59. The topological polar surface area (TPSA) is 12.9 Å². The molecule has 0 aliphatic heterocycles. The largest absolute Gasteiger partial charge is 0.256 e. The van der Waals surface area contributed by atoms with E-state index >= 15 is 0 Å². The Labute approximate surface area is 162 Å². The molecule has 0 saturated carbocycles. The minimum absolute atomic E-state index is 1.06. The summed E-state index contributed by atoms with van der Waals surface area (Å²) >= 11 is 0. The van der Waals surface area contributed by atoms with Crippen LogP contribution >= 0.6 is 0 Å². The molecule has 0 radical (unpaired) electrons. The summed E-state index contributed by atoms with van der Waals surface area (Å²) in [6.07, 6.45) is 1.87. The second-order valence-corrected chi connectivity index (χ2v) is 7.30. The lowest BCUT2D eigenvalue weighted by Gasteiger charge is -2.09. The summed E-state index contributed by atoms with van der Waals surface area (Å²) in [5, 5.41) is 8.77. The molecule has 0 fully saturated rings. The molecule has 0 unspecified atom stereocenters. The van der Waals surface area contributed by atoms with E-state index in [1.54, 1.807) is 0 Å². The highest BCUT2D eigenvalue weighted by molar-refractivity contribution is 6.09. The van der Waals surface area contributed by atoms with E-state index in [-0.39, 0.29) is 0 Å². The minimum Gasteiger partial charge on any atom is -0.256 e. The standard InChI is InChI=1S/C27H17N/c1-2-6-24-18(4-1)9-12-23-16-21(13-14-25(23)24)22-11-8-19-7-10-20-5-3-15-28-27(20)26(19)17-22/h1-17H. The van der Waals surface area contributed by atoms with Crippen LogP contribution in [0.15, 0.2) is 103 Å². The van der Waals surface area contributed by atoms with Gasteiger partial charge in [0.2, 0.25) is 0 Å². The molecule has 0 atom stereocenters. The van der Waals surface area contributed by atoms with E-state index in [1.165, 1.54) is 48.8 Å². The van der Waals surface area contributed by atoms with Gasteiger partial charge >= 0.3 is 0 Å². The van der Waals surface area contributed by atoms with Gasteiger partial charge in [-0.1, -0.05) is 78.9 Å². The maximum Gasteiger partial charge on any atom is 0.0780 e. The molecular formula is C27H17N. The van der Waals surface area contributed by atoms with Crippen molar-refractivity contribution in [1.29, 1.82) is 0 Å². The fourth-order valence-electron chi connectivity index (χ4n) is 4.24. The zero-order valence-corrected chi connectivity index (χ0v) is 15.3. The normalized spacial score (nSPS) is 11.6. The number of aromatic nitrogens is 1. The van der Waals surface area contributed by atoms with Gasteiger partial charge in [0, 0.05) is 17.0 Å². The van der Waals surface area contributed by atoms with Crippen molar-refractivity contribution >= 4 is 43.2 Å². The maximum absolute atomic E-state index is 4.63. The Morgan fingerprint density at radius 2 is 1.07 bits per heavy atom. The van der Waals surface area contributed by atoms with Crippen LogP contribution in [-0.4, -0.2) is 4.98 Å². The average molecular weight is 355 g/mol. The highest BCUT2D eigenvalue weighted by Gasteiger charge is 2.06. The Kier molecular flexibility index (Phi) is 3.24. The lowest BCUT2D eigenvalue weighted by atomic mass is 9.95. The van der Waals surface area contributed by atoms with Crippen LogP contribution in [-0.2, 0) is 0 Å². The molecule has 5 aromatic carbocycles. The molecule has 1 nitrogen and oxygen atoms in total. The monoisotopic (exact) mass is 355 g/mol. The first-order chi connectivity index (χ1) is 13.9. The van der Waals surface area contributed by atoms with Crippen LogP contribution in [0, 0.1) is 0 Å². The van der Waals surface area contributed by atoms with Crippen LogP contribution in [0.4, 0.5) is 0 Å². The van der Waals surface area contributed by atoms with Crippen LogP contribution in [0.25, 0.3) is 54.3 Å². The summed E-state index contributed by atoms with van der Waals surface area (Å²) in [6, 6.07) is 34.9. The van der Waals surface area contributed by atoms with E-state index in [1.807, 2.05) is 12.3 Å². The van der Waals surface area contributed by atoms with Gasteiger partial charge < -0.3 is 0 Å². The van der Waals surface area contributed by atoms with Crippen LogP contribution in [0.5, 0.6) is 0 Å². The van der Waals surface area contributed by atoms with Crippen molar-refractivity contribution in [3.05, 3.63) is 103 Å².